The second kappa shape index (κ2) is 14.5. The number of amides is 4. The molecule has 2 aromatic carbocycles. The van der Waals surface area contributed by atoms with Gasteiger partial charge in [-0.05, 0) is 62.6 Å². The number of piperidine rings is 1. The van der Waals surface area contributed by atoms with Crippen molar-refractivity contribution < 1.29 is 19.2 Å². The van der Waals surface area contributed by atoms with Gasteiger partial charge in [0, 0.05) is 82.9 Å². The van der Waals surface area contributed by atoms with Crippen LogP contribution in [-0.4, -0.2) is 103 Å². The fourth-order valence-corrected chi connectivity index (χ4v) is 10.1. The molecule has 15 heteroatoms. The third kappa shape index (κ3) is 6.70. The molecule has 0 aliphatic carbocycles. The number of carbonyl (C=O) groups is 4. The van der Waals surface area contributed by atoms with Crippen LogP contribution in [-0.2, 0) is 20.9 Å². The van der Waals surface area contributed by atoms with E-state index >= 15 is 0 Å². The first-order valence-electron chi connectivity index (χ1n) is 17.8. The molecule has 4 amide bonds. The summed E-state index contributed by atoms with van der Waals surface area (Å²) in [7, 11) is 0. The Bertz CT molecular complexity index is 2170. The van der Waals surface area contributed by atoms with E-state index in [1.807, 2.05) is 54.3 Å². The first-order valence-corrected chi connectivity index (χ1v) is 20.0. The predicted molar refractivity (Wildman–Crippen MR) is 204 cm³/mol. The summed E-state index contributed by atoms with van der Waals surface area (Å²) in [6, 6.07) is 12.3. The van der Waals surface area contributed by atoms with Crippen molar-refractivity contribution in [3.8, 4) is 5.00 Å². The average Bonchev–Trinajstić information content (AvgIpc) is 3.76. The summed E-state index contributed by atoms with van der Waals surface area (Å²) < 4.78 is 2.07. The predicted octanol–water partition coefficient (Wildman–Crippen LogP) is 4.89. The summed E-state index contributed by atoms with van der Waals surface area (Å²) in [5.74, 6) is 1.44. The first-order chi connectivity index (χ1) is 25.6. The molecule has 0 bridgehead atoms. The number of nitrogens with zero attached hydrogens (tertiary/aromatic N) is 7. The van der Waals surface area contributed by atoms with E-state index in [-0.39, 0.29) is 30.6 Å². The van der Waals surface area contributed by atoms with Crippen LogP contribution in [0.5, 0.6) is 0 Å². The third-order valence-electron chi connectivity index (χ3n) is 10.7. The first kappa shape index (κ1) is 35.6. The minimum absolute atomic E-state index is 0.0404. The molecule has 4 aromatic rings. The molecule has 4 aliphatic heterocycles. The Balaban J connectivity index is 0.909. The minimum atomic E-state index is -0.631. The maximum Gasteiger partial charge on any atom is 0.255 e. The molecule has 4 aliphatic rings. The van der Waals surface area contributed by atoms with Gasteiger partial charge >= 0.3 is 0 Å². The molecule has 6 heterocycles. The lowest BCUT2D eigenvalue weighted by atomic mass is 9.99. The summed E-state index contributed by atoms with van der Waals surface area (Å²) in [6.45, 7) is 10.1. The quantitative estimate of drug-likeness (QED) is 0.198. The smallest absolute Gasteiger partial charge is 0.255 e. The fourth-order valence-electron chi connectivity index (χ4n) is 7.63. The van der Waals surface area contributed by atoms with Gasteiger partial charge in [-0.25, -0.2) is 0 Å². The van der Waals surface area contributed by atoms with Crippen LogP contribution in [0.2, 0.25) is 5.02 Å². The molecule has 0 radical (unpaired) electrons. The number of nitrogens with one attached hydrogen (secondary N) is 1. The van der Waals surface area contributed by atoms with Gasteiger partial charge in [-0.3, -0.25) is 39.0 Å². The van der Waals surface area contributed by atoms with Crippen LogP contribution in [0.15, 0.2) is 52.4 Å². The molecule has 0 saturated carbocycles. The molecule has 274 valence electrons. The zero-order chi connectivity index (χ0) is 37.0. The van der Waals surface area contributed by atoms with Crippen molar-refractivity contribution in [1.29, 1.82) is 0 Å². The number of imide groups is 1. The Labute approximate surface area is 320 Å². The second-order valence-electron chi connectivity index (χ2n) is 13.9. The minimum Gasteiger partial charge on any atom is -0.340 e. The molecular weight excluding hydrogens is 732 g/mol. The van der Waals surface area contributed by atoms with Crippen LogP contribution in [0.3, 0.4) is 0 Å². The highest BCUT2D eigenvalue weighted by molar-refractivity contribution is 7.99. The number of thiophene rings is 1. The van der Waals surface area contributed by atoms with Gasteiger partial charge in [-0.2, -0.15) is 0 Å². The topological polar surface area (TPSA) is 133 Å². The van der Waals surface area contributed by atoms with Gasteiger partial charge in [0.2, 0.25) is 17.7 Å². The van der Waals surface area contributed by atoms with Gasteiger partial charge < -0.3 is 9.80 Å². The molecule has 2 saturated heterocycles. The van der Waals surface area contributed by atoms with E-state index in [4.69, 9.17) is 16.6 Å². The van der Waals surface area contributed by atoms with E-state index < -0.39 is 18.0 Å². The largest absolute Gasteiger partial charge is 0.340 e. The Morgan fingerprint density at radius 1 is 1.02 bits per heavy atom. The van der Waals surface area contributed by atoms with E-state index in [0.717, 1.165) is 69.1 Å². The zero-order valence-electron chi connectivity index (χ0n) is 29.7. The molecule has 1 unspecified atom stereocenters. The van der Waals surface area contributed by atoms with Crippen LogP contribution in [0.1, 0.15) is 74.4 Å². The Morgan fingerprint density at radius 3 is 2.55 bits per heavy atom. The molecule has 12 nitrogen and oxygen atoms in total. The van der Waals surface area contributed by atoms with Gasteiger partial charge in [0.25, 0.3) is 5.91 Å². The van der Waals surface area contributed by atoms with Crippen LogP contribution >= 0.6 is 34.7 Å². The van der Waals surface area contributed by atoms with E-state index in [1.165, 1.54) is 4.88 Å². The fraction of sp³-hybridized carbons (Fsp3) is 0.395. The number of rotatable bonds is 8. The van der Waals surface area contributed by atoms with Crippen molar-refractivity contribution in [2.45, 2.75) is 63.6 Å². The number of thioether (sulfide) groups is 1. The summed E-state index contributed by atoms with van der Waals surface area (Å²) >= 11 is 9.65. The Hall–Kier alpha value is -4.37. The molecule has 8 rings (SSSR count). The number of aliphatic imine (C=N–C) groups is 1. The van der Waals surface area contributed by atoms with Gasteiger partial charge in [0.05, 0.1) is 12.1 Å². The van der Waals surface area contributed by atoms with E-state index in [9.17, 15) is 19.2 Å². The van der Waals surface area contributed by atoms with Crippen LogP contribution in [0.4, 0.5) is 0 Å². The lowest BCUT2D eigenvalue weighted by Gasteiger charge is -2.35. The average molecular weight is 771 g/mol. The number of piperazine rings is 1. The number of fused-ring (bicyclic) bond motifs is 4. The highest BCUT2D eigenvalue weighted by Gasteiger charge is 2.40. The summed E-state index contributed by atoms with van der Waals surface area (Å²) in [6.07, 6.45) is 0.761. The SMILES string of the molecule is Cc1sc2c(c1C)C(c1ccc(Cl)cc1)=N[C@@H](CC(=O)N1CCN(CCSc3cccc4c3CN(C3CCC(=O)NC3=O)C4=O)CC1)c1nnc(C)n1-2. The Kier molecular flexibility index (Phi) is 9.73. The maximum atomic E-state index is 13.9. The highest BCUT2D eigenvalue weighted by Crippen LogP contribution is 2.40. The van der Waals surface area contributed by atoms with Gasteiger partial charge in [-0.15, -0.1) is 33.3 Å². The van der Waals surface area contributed by atoms with Crippen molar-refractivity contribution in [2.75, 3.05) is 38.5 Å². The molecule has 2 atom stereocenters. The molecule has 2 fully saturated rings. The number of hydrogen-bond acceptors (Lipinski definition) is 10. The van der Waals surface area contributed by atoms with E-state index in [1.54, 1.807) is 28.0 Å². The lowest BCUT2D eigenvalue weighted by Crippen LogP contribution is -2.52. The van der Waals surface area contributed by atoms with Crippen molar-refractivity contribution >= 4 is 64.0 Å². The van der Waals surface area contributed by atoms with E-state index in [0.29, 0.717) is 42.5 Å². The zero-order valence-corrected chi connectivity index (χ0v) is 32.1. The summed E-state index contributed by atoms with van der Waals surface area (Å²) in [4.78, 5) is 64.7. The van der Waals surface area contributed by atoms with Gasteiger partial charge in [-0.1, -0.05) is 29.8 Å². The lowest BCUT2D eigenvalue weighted by molar-refractivity contribution is -0.137. The standard InChI is InChI=1S/C38H39ClN8O4S2/c1-21-22(2)53-38-33(21)34(24-7-9-25(39)10-8-24)40-28(35-43-42-23(3)47(35)38)19-32(49)45-15-13-44(14-16-45)17-18-52-30-6-4-5-26-27(30)20-46(37(26)51)29-11-12-31(48)41-36(29)50/h4-10,28-29H,11-20H2,1-3H3,(H,41,48,50)/t28-,29?/m0/s1. The van der Waals surface area contributed by atoms with E-state index in [2.05, 4.69) is 38.8 Å². The van der Waals surface area contributed by atoms with Crippen molar-refractivity contribution in [1.82, 2.24) is 34.8 Å². The molecule has 2 aromatic heterocycles. The van der Waals surface area contributed by atoms with Crippen molar-refractivity contribution in [3.63, 3.8) is 0 Å². The Morgan fingerprint density at radius 2 is 1.79 bits per heavy atom. The number of aromatic nitrogens is 3. The second-order valence-corrected chi connectivity index (χ2v) is 16.6. The van der Waals surface area contributed by atoms with Crippen LogP contribution in [0.25, 0.3) is 5.00 Å². The highest BCUT2D eigenvalue weighted by atomic mass is 35.5. The monoisotopic (exact) mass is 770 g/mol. The van der Waals surface area contributed by atoms with Crippen LogP contribution < -0.4 is 5.32 Å². The molecular formula is C38H39ClN8O4S2. The number of carbonyl (C=O) groups excluding carboxylic acids is 4. The van der Waals surface area contributed by atoms with Crippen molar-refractivity contribution in [3.05, 3.63) is 91.8 Å². The van der Waals surface area contributed by atoms with Crippen LogP contribution in [0, 0.1) is 20.8 Å². The maximum absolute atomic E-state index is 13.9. The van der Waals surface area contributed by atoms with Crippen molar-refractivity contribution in [2.24, 2.45) is 4.99 Å². The normalized spacial score (nSPS) is 20.2. The summed E-state index contributed by atoms with van der Waals surface area (Å²) in [5, 5.41) is 13.0. The third-order valence-corrected chi connectivity index (χ3v) is 13.2. The van der Waals surface area contributed by atoms with Gasteiger partial charge in [0.1, 0.15) is 22.9 Å². The van der Waals surface area contributed by atoms with Gasteiger partial charge in [0.15, 0.2) is 5.82 Å². The summed E-state index contributed by atoms with van der Waals surface area (Å²) in [5.41, 5.74) is 5.53. The molecule has 0 spiro atoms. The molecule has 1 N–H and O–H groups in total. The number of benzene rings is 2. The molecule has 53 heavy (non-hydrogen) atoms. The number of aryl methyl sites for hydroxylation is 2. The number of halogens is 1. The number of hydrogen-bond donors (Lipinski definition) is 1.